The Morgan fingerprint density at radius 3 is 2.33 bits per heavy atom. The highest BCUT2D eigenvalue weighted by molar-refractivity contribution is 6.43. The zero-order chi connectivity index (χ0) is 17.4. The molecule has 1 saturated heterocycles. The van der Waals surface area contributed by atoms with Gasteiger partial charge in [-0.2, -0.15) is 0 Å². The molecule has 3 rings (SSSR count). The maximum Gasteiger partial charge on any atom is 0.256 e. The van der Waals surface area contributed by atoms with E-state index in [1.807, 2.05) is 32.0 Å². The summed E-state index contributed by atoms with van der Waals surface area (Å²) in [5.41, 5.74) is 2.98. The Kier molecular flexibility index (Phi) is 4.52. The highest BCUT2D eigenvalue weighted by atomic mass is 35.5. The molecule has 1 atom stereocenters. The molecule has 2 amide bonds. The largest absolute Gasteiger partial charge is 0.372 e. The molecule has 0 radical (unpaired) electrons. The number of benzene rings is 2. The van der Waals surface area contributed by atoms with E-state index >= 15 is 0 Å². The van der Waals surface area contributed by atoms with E-state index in [4.69, 9.17) is 23.2 Å². The highest BCUT2D eigenvalue weighted by Gasteiger charge is 2.40. The summed E-state index contributed by atoms with van der Waals surface area (Å²) < 4.78 is 0. The van der Waals surface area contributed by atoms with Crippen LogP contribution in [0.25, 0.3) is 0 Å². The zero-order valence-electron chi connectivity index (χ0n) is 13.3. The van der Waals surface area contributed by atoms with Gasteiger partial charge in [-0.25, -0.2) is 4.90 Å². The van der Waals surface area contributed by atoms with Crippen LogP contribution in [-0.4, -0.2) is 17.9 Å². The quantitative estimate of drug-likeness (QED) is 0.825. The summed E-state index contributed by atoms with van der Waals surface area (Å²) >= 11 is 12.2. The molecule has 0 aliphatic carbocycles. The van der Waals surface area contributed by atoms with Crippen LogP contribution in [0.4, 0.5) is 11.4 Å². The molecule has 124 valence electrons. The zero-order valence-corrected chi connectivity index (χ0v) is 14.8. The van der Waals surface area contributed by atoms with Crippen molar-refractivity contribution in [1.82, 2.24) is 0 Å². The number of hydrogen-bond acceptors (Lipinski definition) is 3. The number of nitrogens with one attached hydrogen (secondary N) is 1. The molecular formula is C18H16Cl2N2O2. The van der Waals surface area contributed by atoms with E-state index in [9.17, 15) is 9.59 Å². The number of hydrogen-bond donors (Lipinski definition) is 1. The summed E-state index contributed by atoms with van der Waals surface area (Å²) in [6, 6.07) is 10.1. The minimum absolute atomic E-state index is 0.0788. The predicted molar refractivity (Wildman–Crippen MR) is 96.9 cm³/mol. The SMILES string of the molecule is Cc1cccc(C)c1N1C(=O)C[C@@H](Nc2cccc(Cl)c2Cl)C1=O. The van der Waals surface area contributed by atoms with Crippen LogP contribution in [0.3, 0.4) is 0 Å². The van der Waals surface area contributed by atoms with Gasteiger partial charge in [0.05, 0.1) is 27.8 Å². The fraction of sp³-hybridized carbons (Fsp3) is 0.222. The first kappa shape index (κ1) is 16.8. The smallest absolute Gasteiger partial charge is 0.256 e. The van der Waals surface area contributed by atoms with Crippen LogP contribution >= 0.6 is 23.2 Å². The third kappa shape index (κ3) is 2.87. The Morgan fingerprint density at radius 1 is 1.04 bits per heavy atom. The van der Waals surface area contributed by atoms with Gasteiger partial charge in [-0.3, -0.25) is 9.59 Å². The second-order valence-corrected chi connectivity index (χ2v) is 6.60. The van der Waals surface area contributed by atoms with Crippen molar-refractivity contribution < 1.29 is 9.59 Å². The van der Waals surface area contributed by atoms with Crippen LogP contribution in [0.15, 0.2) is 36.4 Å². The third-order valence-corrected chi connectivity index (χ3v) is 4.91. The molecule has 1 heterocycles. The summed E-state index contributed by atoms with van der Waals surface area (Å²) in [4.78, 5) is 26.5. The Bertz CT molecular complexity index is 816. The summed E-state index contributed by atoms with van der Waals surface area (Å²) in [6.45, 7) is 3.77. The van der Waals surface area contributed by atoms with Gasteiger partial charge in [-0.1, -0.05) is 47.5 Å². The van der Waals surface area contributed by atoms with Gasteiger partial charge in [0.1, 0.15) is 6.04 Å². The molecule has 2 aromatic rings. The molecule has 0 aromatic heterocycles. The van der Waals surface area contributed by atoms with Crippen LogP contribution in [0, 0.1) is 13.8 Å². The Balaban J connectivity index is 1.91. The van der Waals surface area contributed by atoms with Crippen molar-refractivity contribution in [1.29, 1.82) is 0 Å². The molecule has 0 bridgehead atoms. The van der Waals surface area contributed by atoms with E-state index in [1.165, 1.54) is 4.90 Å². The topological polar surface area (TPSA) is 49.4 Å². The molecule has 24 heavy (non-hydrogen) atoms. The predicted octanol–water partition coefficient (Wildman–Crippen LogP) is 4.35. The molecule has 0 unspecified atom stereocenters. The summed E-state index contributed by atoms with van der Waals surface area (Å²) in [5.74, 6) is -0.513. The van der Waals surface area contributed by atoms with E-state index in [-0.39, 0.29) is 18.2 Å². The van der Waals surface area contributed by atoms with E-state index in [0.29, 0.717) is 21.4 Å². The lowest BCUT2D eigenvalue weighted by Crippen LogP contribution is -2.35. The number of rotatable bonds is 3. The summed E-state index contributed by atoms with van der Waals surface area (Å²) in [5, 5.41) is 3.77. The van der Waals surface area contributed by atoms with Crippen molar-refractivity contribution in [3.05, 3.63) is 57.6 Å². The van der Waals surface area contributed by atoms with Crippen molar-refractivity contribution >= 4 is 46.4 Å². The standard InChI is InChI=1S/C18H16Cl2N2O2/c1-10-5-3-6-11(2)17(10)22-15(23)9-14(18(22)24)21-13-8-4-7-12(19)16(13)20/h3-8,14,21H,9H2,1-2H3/t14-/m1/s1. The van der Waals surface area contributed by atoms with Crippen LogP contribution < -0.4 is 10.2 Å². The molecule has 1 aliphatic rings. The average Bonchev–Trinajstić information content (AvgIpc) is 2.79. The van der Waals surface area contributed by atoms with Gasteiger partial charge < -0.3 is 5.32 Å². The number of nitrogens with zero attached hydrogens (tertiary/aromatic N) is 1. The number of halogens is 2. The van der Waals surface area contributed by atoms with E-state index in [1.54, 1.807) is 18.2 Å². The second-order valence-electron chi connectivity index (χ2n) is 5.81. The van der Waals surface area contributed by atoms with Crippen LogP contribution in [0.1, 0.15) is 17.5 Å². The molecule has 0 spiro atoms. The van der Waals surface area contributed by atoms with Gasteiger partial charge in [-0.15, -0.1) is 0 Å². The highest BCUT2D eigenvalue weighted by Crippen LogP contribution is 2.33. The van der Waals surface area contributed by atoms with Crippen LogP contribution in [0.5, 0.6) is 0 Å². The number of anilines is 2. The number of imide groups is 1. The van der Waals surface area contributed by atoms with Gasteiger partial charge in [0, 0.05) is 0 Å². The van der Waals surface area contributed by atoms with Gasteiger partial charge in [0.2, 0.25) is 5.91 Å². The lowest BCUT2D eigenvalue weighted by atomic mass is 10.1. The minimum Gasteiger partial charge on any atom is -0.372 e. The van der Waals surface area contributed by atoms with E-state index in [0.717, 1.165) is 11.1 Å². The summed E-state index contributed by atoms with van der Waals surface area (Å²) in [7, 11) is 0. The first-order valence-corrected chi connectivity index (χ1v) is 8.29. The van der Waals surface area contributed by atoms with Crippen molar-refractivity contribution in [2.75, 3.05) is 10.2 Å². The van der Waals surface area contributed by atoms with Crippen molar-refractivity contribution in [3.63, 3.8) is 0 Å². The Labute approximate surface area is 150 Å². The first-order valence-electron chi connectivity index (χ1n) is 7.53. The summed E-state index contributed by atoms with van der Waals surface area (Å²) in [6.07, 6.45) is 0.0788. The average molecular weight is 363 g/mol. The molecule has 2 aromatic carbocycles. The normalized spacial score (nSPS) is 17.5. The molecule has 1 N–H and O–H groups in total. The number of carbonyl (C=O) groups is 2. The first-order chi connectivity index (χ1) is 11.4. The van der Waals surface area contributed by atoms with Gasteiger partial charge in [0.25, 0.3) is 5.91 Å². The molecule has 4 nitrogen and oxygen atoms in total. The monoisotopic (exact) mass is 362 g/mol. The van der Waals surface area contributed by atoms with Gasteiger partial charge >= 0.3 is 0 Å². The number of aryl methyl sites for hydroxylation is 2. The van der Waals surface area contributed by atoms with Crippen molar-refractivity contribution in [2.45, 2.75) is 26.3 Å². The lowest BCUT2D eigenvalue weighted by Gasteiger charge is -2.20. The van der Waals surface area contributed by atoms with Crippen molar-refractivity contribution in [3.8, 4) is 0 Å². The maximum atomic E-state index is 12.8. The number of para-hydroxylation sites is 1. The van der Waals surface area contributed by atoms with Gasteiger partial charge in [0.15, 0.2) is 0 Å². The van der Waals surface area contributed by atoms with Gasteiger partial charge in [-0.05, 0) is 37.1 Å². The molecule has 1 aliphatic heterocycles. The number of carbonyl (C=O) groups excluding carboxylic acids is 2. The third-order valence-electron chi connectivity index (χ3n) is 4.09. The molecule has 0 saturated carbocycles. The molecular weight excluding hydrogens is 347 g/mol. The van der Waals surface area contributed by atoms with Crippen molar-refractivity contribution in [2.24, 2.45) is 0 Å². The minimum atomic E-state index is -0.660. The lowest BCUT2D eigenvalue weighted by molar-refractivity contribution is -0.121. The second kappa shape index (κ2) is 6.46. The van der Waals surface area contributed by atoms with E-state index in [2.05, 4.69) is 5.32 Å². The fourth-order valence-electron chi connectivity index (χ4n) is 2.94. The Hall–Kier alpha value is -2.04. The molecule has 1 fully saturated rings. The fourth-order valence-corrected chi connectivity index (χ4v) is 3.30. The number of amides is 2. The Morgan fingerprint density at radius 2 is 1.67 bits per heavy atom. The van der Waals surface area contributed by atoms with E-state index < -0.39 is 6.04 Å². The molecule has 6 heteroatoms. The van der Waals surface area contributed by atoms with Crippen LogP contribution in [0.2, 0.25) is 10.0 Å². The maximum absolute atomic E-state index is 12.8. The van der Waals surface area contributed by atoms with Crippen LogP contribution in [-0.2, 0) is 9.59 Å².